The molecule has 0 aliphatic carbocycles. The van der Waals surface area contributed by atoms with E-state index >= 15 is 0 Å². The van der Waals surface area contributed by atoms with Gasteiger partial charge in [0.2, 0.25) is 5.91 Å². The van der Waals surface area contributed by atoms with Gasteiger partial charge in [-0.15, -0.1) is 0 Å². The maximum atomic E-state index is 12.4. The van der Waals surface area contributed by atoms with E-state index in [-0.39, 0.29) is 11.8 Å². The third kappa shape index (κ3) is 4.17. The molecule has 0 unspecified atom stereocenters. The van der Waals surface area contributed by atoms with Crippen LogP contribution in [0.3, 0.4) is 0 Å². The highest BCUT2D eigenvalue weighted by Gasteiger charge is 2.28. The summed E-state index contributed by atoms with van der Waals surface area (Å²) in [5, 5.41) is 6.06. The predicted octanol–water partition coefficient (Wildman–Crippen LogP) is 1.88. The van der Waals surface area contributed by atoms with Crippen molar-refractivity contribution in [1.82, 2.24) is 20.2 Å². The predicted molar refractivity (Wildman–Crippen MR) is 98.6 cm³/mol. The molecule has 0 bridgehead atoms. The fourth-order valence-corrected chi connectivity index (χ4v) is 2.88. The number of hydrogen-bond donors (Lipinski definition) is 2. The van der Waals surface area contributed by atoms with Crippen molar-refractivity contribution >= 4 is 17.6 Å². The number of fused-ring (bicyclic) bond motifs is 1. The van der Waals surface area contributed by atoms with Gasteiger partial charge in [-0.05, 0) is 30.2 Å². The number of nitrogens with one attached hydrogen (secondary N) is 2. The van der Waals surface area contributed by atoms with Crippen LogP contribution in [0.1, 0.15) is 40.5 Å². The van der Waals surface area contributed by atoms with E-state index < -0.39 is 0 Å². The average Bonchev–Trinajstić information content (AvgIpc) is 2.95. The molecule has 2 aromatic rings. The molecule has 7 nitrogen and oxygen atoms in total. The second kappa shape index (κ2) is 7.95. The molecular formula is C19H23N5O2. The number of aryl methyl sites for hydroxylation is 1. The minimum Gasteiger partial charge on any atom is -0.366 e. The molecule has 0 saturated heterocycles. The summed E-state index contributed by atoms with van der Waals surface area (Å²) in [5.41, 5.74) is 3.60. The normalized spacial score (nSPS) is 12.8. The molecule has 2 amide bonds. The molecule has 0 aromatic carbocycles. The van der Waals surface area contributed by atoms with E-state index in [0.29, 0.717) is 38.2 Å². The molecule has 3 heterocycles. The molecule has 3 rings (SSSR count). The van der Waals surface area contributed by atoms with Crippen LogP contribution >= 0.6 is 0 Å². The van der Waals surface area contributed by atoms with E-state index in [2.05, 4.69) is 26.7 Å². The number of amides is 2. The molecule has 0 fully saturated rings. The number of aromatic nitrogens is 2. The molecule has 26 heavy (non-hydrogen) atoms. The topological polar surface area (TPSA) is 87.2 Å². The number of carbonyl (C=O) groups is 2. The maximum absolute atomic E-state index is 12.4. The Balaban J connectivity index is 1.59. The first-order chi connectivity index (χ1) is 12.6. The first-order valence-corrected chi connectivity index (χ1v) is 8.77. The van der Waals surface area contributed by atoms with Gasteiger partial charge in [0.05, 0.1) is 17.8 Å². The van der Waals surface area contributed by atoms with Crippen LogP contribution in [0.5, 0.6) is 0 Å². The molecule has 2 aromatic heterocycles. The van der Waals surface area contributed by atoms with E-state index in [0.717, 1.165) is 22.6 Å². The third-order valence-electron chi connectivity index (χ3n) is 4.26. The Hall–Kier alpha value is -2.96. The summed E-state index contributed by atoms with van der Waals surface area (Å²) in [4.78, 5) is 34.2. The van der Waals surface area contributed by atoms with E-state index in [1.165, 1.54) is 0 Å². The van der Waals surface area contributed by atoms with Crippen LogP contribution in [0.25, 0.3) is 0 Å². The molecule has 7 heteroatoms. The van der Waals surface area contributed by atoms with Crippen molar-refractivity contribution in [2.24, 2.45) is 0 Å². The summed E-state index contributed by atoms with van der Waals surface area (Å²) in [6.07, 6.45) is 4.09. The van der Waals surface area contributed by atoms with Gasteiger partial charge >= 0.3 is 0 Å². The molecule has 0 radical (unpaired) electrons. The number of anilines is 1. The molecule has 136 valence electrons. The third-order valence-corrected chi connectivity index (χ3v) is 4.26. The quantitative estimate of drug-likeness (QED) is 0.794. The number of hydrogen-bond acceptors (Lipinski definition) is 5. The van der Waals surface area contributed by atoms with Crippen LogP contribution in [-0.4, -0.2) is 39.8 Å². The van der Waals surface area contributed by atoms with Crippen molar-refractivity contribution in [3.05, 3.63) is 53.0 Å². The van der Waals surface area contributed by atoms with Gasteiger partial charge in [0, 0.05) is 38.4 Å². The van der Waals surface area contributed by atoms with Crippen molar-refractivity contribution in [1.29, 1.82) is 0 Å². The zero-order chi connectivity index (χ0) is 18.5. The SMILES string of the molecule is CCC(=O)NCCN1Cc2nc(NCc3cncc(C)c3)ccc2C1=O. The molecular weight excluding hydrogens is 330 g/mol. The number of rotatable bonds is 7. The number of nitrogens with zero attached hydrogens (tertiary/aromatic N) is 3. The molecule has 0 saturated carbocycles. The summed E-state index contributed by atoms with van der Waals surface area (Å²) in [6, 6.07) is 5.71. The number of carbonyl (C=O) groups excluding carboxylic acids is 2. The second-order valence-corrected chi connectivity index (χ2v) is 6.35. The largest absolute Gasteiger partial charge is 0.366 e. The first kappa shape index (κ1) is 17.8. The second-order valence-electron chi connectivity index (χ2n) is 6.35. The van der Waals surface area contributed by atoms with Gasteiger partial charge < -0.3 is 15.5 Å². The van der Waals surface area contributed by atoms with Crippen LogP contribution in [0.2, 0.25) is 0 Å². The van der Waals surface area contributed by atoms with Crippen LogP contribution in [-0.2, 0) is 17.9 Å². The average molecular weight is 353 g/mol. The van der Waals surface area contributed by atoms with Crippen LogP contribution in [0.15, 0.2) is 30.6 Å². The lowest BCUT2D eigenvalue weighted by Crippen LogP contribution is -2.34. The van der Waals surface area contributed by atoms with Crippen LogP contribution in [0.4, 0.5) is 5.82 Å². The van der Waals surface area contributed by atoms with E-state index in [1.807, 2.05) is 31.5 Å². The molecule has 1 aliphatic rings. The summed E-state index contributed by atoms with van der Waals surface area (Å²) in [5.74, 6) is 0.691. The lowest BCUT2D eigenvalue weighted by molar-refractivity contribution is -0.120. The maximum Gasteiger partial charge on any atom is 0.256 e. The molecule has 0 spiro atoms. The fourth-order valence-electron chi connectivity index (χ4n) is 2.88. The van der Waals surface area contributed by atoms with Gasteiger partial charge in [-0.1, -0.05) is 13.0 Å². The summed E-state index contributed by atoms with van der Waals surface area (Å²) >= 11 is 0. The summed E-state index contributed by atoms with van der Waals surface area (Å²) < 4.78 is 0. The van der Waals surface area contributed by atoms with Crippen LogP contribution in [0, 0.1) is 6.92 Å². The minimum atomic E-state index is -0.0346. The lowest BCUT2D eigenvalue weighted by Gasteiger charge is -2.15. The van der Waals surface area contributed by atoms with Crippen molar-refractivity contribution in [2.75, 3.05) is 18.4 Å². The highest BCUT2D eigenvalue weighted by Crippen LogP contribution is 2.22. The van der Waals surface area contributed by atoms with Crippen molar-refractivity contribution in [3.8, 4) is 0 Å². The lowest BCUT2D eigenvalue weighted by atomic mass is 10.2. The van der Waals surface area contributed by atoms with E-state index in [4.69, 9.17) is 0 Å². The zero-order valence-electron chi connectivity index (χ0n) is 15.1. The molecule has 0 atom stereocenters. The Morgan fingerprint density at radius 1 is 1.31 bits per heavy atom. The van der Waals surface area contributed by atoms with Crippen molar-refractivity contribution in [3.63, 3.8) is 0 Å². The fraction of sp³-hybridized carbons (Fsp3) is 0.368. The highest BCUT2D eigenvalue weighted by atomic mass is 16.2. The van der Waals surface area contributed by atoms with Crippen molar-refractivity contribution < 1.29 is 9.59 Å². The Kier molecular flexibility index (Phi) is 5.46. The van der Waals surface area contributed by atoms with Gasteiger partial charge in [0.25, 0.3) is 5.91 Å². The monoisotopic (exact) mass is 353 g/mol. The van der Waals surface area contributed by atoms with Crippen LogP contribution < -0.4 is 10.6 Å². The standard InChI is InChI=1S/C19H23N5O2/c1-3-18(25)21-6-7-24-12-16-15(19(24)26)4-5-17(23-16)22-11-14-8-13(2)9-20-10-14/h4-5,8-10H,3,6-7,11-12H2,1-2H3,(H,21,25)(H,22,23). The molecule has 1 aliphatic heterocycles. The van der Waals surface area contributed by atoms with Gasteiger partial charge in [-0.2, -0.15) is 0 Å². The van der Waals surface area contributed by atoms with Gasteiger partial charge in [0.1, 0.15) is 5.82 Å². The Morgan fingerprint density at radius 3 is 2.92 bits per heavy atom. The Morgan fingerprint density at radius 2 is 2.15 bits per heavy atom. The number of pyridine rings is 2. The summed E-state index contributed by atoms with van der Waals surface area (Å²) in [6.45, 7) is 5.85. The Bertz CT molecular complexity index is 821. The van der Waals surface area contributed by atoms with E-state index in [1.54, 1.807) is 11.8 Å². The Labute approximate surface area is 152 Å². The highest BCUT2D eigenvalue weighted by molar-refractivity contribution is 5.98. The van der Waals surface area contributed by atoms with Gasteiger partial charge in [-0.3, -0.25) is 14.6 Å². The molecule has 2 N–H and O–H groups in total. The van der Waals surface area contributed by atoms with Crippen molar-refractivity contribution in [2.45, 2.75) is 33.4 Å². The summed E-state index contributed by atoms with van der Waals surface area (Å²) in [7, 11) is 0. The van der Waals surface area contributed by atoms with Gasteiger partial charge in [-0.25, -0.2) is 4.98 Å². The van der Waals surface area contributed by atoms with Gasteiger partial charge in [0.15, 0.2) is 0 Å². The minimum absolute atomic E-state index is 0.00981. The first-order valence-electron chi connectivity index (χ1n) is 8.77. The smallest absolute Gasteiger partial charge is 0.256 e. The van der Waals surface area contributed by atoms with E-state index in [9.17, 15) is 9.59 Å². The zero-order valence-corrected chi connectivity index (χ0v) is 15.1.